The first kappa shape index (κ1) is 23.7. The van der Waals surface area contributed by atoms with E-state index in [0.29, 0.717) is 30.1 Å². The second kappa shape index (κ2) is 10.1. The van der Waals surface area contributed by atoms with Crippen LogP contribution in [0.25, 0.3) is 0 Å². The fourth-order valence-corrected chi connectivity index (χ4v) is 4.60. The molecule has 0 unspecified atom stereocenters. The zero-order valence-corrected chi connectivity index (χ0v) is 19.4. The van der Waals surface area contributed by atoms with Crippen LogP contribution in [0.1, 0.15) is 34.3 Å². The number of amides is 2. The lowest BCUT2D eigenvalue weighted by atomic mass is 10.1. The minimum atomic E-state index is -3.71. The zero-order valence-electron chi connectivity index (χ0n) is 18.6. The molecule has 2 N–H and O–H groups in total. The van der Waals surface area contributed by atoms with E-state index in [1.807, 2.05) is 13.0 Å². The molecule has 8 nitrogen and oxygen atoms in total. The molecule has 3 rings (SSSR count). The van der Waals surface area contributed by atoms with Crippen LogP contribution in [0.4, 0.5) is 11.4 Å². The third-order valence-corrected chi connectivity index (χ3v) is 6.40. The fourth-order valence-electron chi connectivity index (χ4n) is 3.68. The first-order valence-corrected chi connectivity index (χ1v) is 12.3. The Bertz CT molecular complexity index is 1090. The number of ether oxygens (including phenoxy) is 1. The van der Waals surface area contributed by atoms with Crippen LogP contribution in [0.5, 0.6) is 0 Å². The van der Waals surface area contributed by atoms with Gasteiger partial charge in [0.1, 0.15) is 6.54 Å². The predicted molar refractivity (Wildman–Crippen MR) is 124 cm³/mol. The van der Waals surface area contributed by atoms with Crippen molar-refractivity contribution in [1.82, 2.24) is 5.32 Å². The molecule has 2 amide bonds. The minimum Gasteiger partial charge on any atom is -0.376 e. The molecule has 0 saturated carbocycles. The number of sulfonamides is 1. The average Bonchev–Trinajstić information content (AvgIpc) is 3.24. The average molecular weight is 460 g/mol. The standard InChI is InChI=1S/C23H29N3O5S/c1-16-10-11-21(17(2)13-16)26(32(3,29)30)15-22(27)25-20-9-5-4-8-19(20)23(28)24-14-18-7-6-12-31-18/h4-5,8-11,13,18H,6-7,12,14-15H2,1-3H3,(H,24,28)(H,25,27)/t18-/m0/s1. The van der Waals surface area contributed by atoms with Gasteiger partial charge in [0.05, 0.1) is 29.3 Å². The molecule has 0 aromatic heterocycles. The second-order valence-corrected chi connectivity index (χ2v) is 9.91. The summed E-state index contributed by atoms with van der Waals surface area (Å²) >= 11 is 0. The van der Waals surface area contributed by atoms with Gasteiger partial charge in [-0.3, -0.25) is 13.9 Å². The molecule has 1 atom stereocenters. The van der Waals surface area contributed by atoms with Crippen LogP contribution in [-0.4, -0.2) is 52.3 Å². The van der Waals surface area contributed by atoms with E-state index >= 15 is 0 Å². The number of benzene rings is 2. The minimum absolute atomic E-state index is 0.00164. The Morgan fingerprint density at radius 3 is 2.56 bits per heavy atom. The van der Waals surface area contributed by atoms with Crippen molar-refractivity contribution in [3.63, 3.8) is 0 Å². The number of anilines is 2. The Morgan fingerprint density at radius 2 is 1.91 bits per heavy atom. The van der Waals surface area contributed by atoms with Crippen molar-refractivity contribution in [2.45, 2.75) is 32.8 Å². The first-order valence-electron chi connectivity index (χ1n) is 10.5. The first-order chi connectivity index (χ1) is 15.1. The highest BCUT2D eigenvalue weighted by Gasteiger charge is 2.24. The molecule has 0 spiro atoms. The predicted octanol–water partition coefficient (Wildman–Crippen LogP) is 2.62. The van der Waals surface area contributed by atoms with Gasteiger partial charge < -0.3 is 15.4 Å². The van der Waals surface area contributed by atoms with Gasteiger partial charge in [-0.25, -0.2) is 8.42 Å². The molecule has 1 fully saturated rings. The van der Waals surface area contributed by atoms with Crippen molar-refractivity contribution in [3.05, 3.63) is 59.2 Å². The summed E-state index contributed by atoms with van der Waals surface area (Å²) in [5.74, 6) is -0.875. The highest BCUT2D eigenvalue weighted by Crippen LogP contribution is 2.24. The lowest BCUT2D eigenvalue weighted by molar-refractivity contribution is -0.114. The van der Waals surface area contributed by atoms with Gasteiger partial charge in [0, 0.05) is 13.2 Å². The van der Waals surface area contributed by atoms with E-state index in [-0.39, 0.29) is 12.0 Å². The van der Waals surface area contributed by atoms with Crippen molar-refractivity contribution in [2.24, 2.45) is 0 Å². The number of hydrogen-bond acceptors (Lipinski definition) is 5. The number of carbonyl (C=O) groups excluding carboxylic acids is 2. The summed E-state index contributed by atoms with van der Waals surface area (Å²) in [5, 5.41) is 5.52. The van der Waals surface area contributed by atoms with Crippen LogP contribution in [0.2, 0.25) is 0 Å². The van der Waals surface area contributed by atoms with E-state index in [1.54, 1.807) is 43.3 Å². The maximum absolute atomic E-state index is 12.8. The molecule has 1 saturated heterocycles. The normalized spacial score (nSPS) is 15.9. The van der Waals surface area contributed by atoms with Crippen molar-refractivity contribution < 1.29 is 22.7 Å². The zero-order chi connectivity index (χ0) is 23.3. The Balaban J connectivity index is 1.73. The third kappa shape index (κ3) is 6.08. The molecule has 0 aliphatic carbocycles. The van der Waals surface area contributed by atoms with E-state index in [9.17, 15) is 18.0 Å². The molecule has 1 aliphatic heterocycles. The van der Waals surface area contributed by atoms with Crippen LogP contribution >= 0.6 is 0 Å². The molecule has 172 valence electrons. The fraction of sp³-hybridized carbons (Fsp3) is 0.391. The summed E-state index contributed by atoms with van der Waals surface area (Å²) in [6.45, 7) is 4.40. The highest BCUT2D eigenvalue weighted by molar-refractivity contribution is 7.92. The quantitative estimate of drug-likeness (QED) is 0.631. The van der Waals surface area contributed by atoms with Crippen LogP contribution in [0.3, 0.4) is 0 Å². The van der Waals surface area contributed by atoms with Gasteiger partial charge in [0.2, 0.25) is 15.9 Å². The summed E-state index contributed by atoms with van der Waals surface area (Å²) in [7, 11) is -3.71. The number of aryl methyl sites for hydroxylation is 2. The van der Waals surface area contributed by atoms with E-state index in [2.05, 4.69) is 10.6 Å². The largest absolute Gasteiger partial charge is 0.376 e. The molecule has 1 heterocycles. The topological polar surface area (TPSA) is 105 Å². The molecule has 2 aromatic carbocycles. The highest BCUT2D eigenvalue weighted by atomic mass is 32.2. The van der Waals surface area contributed by atoms with Gasteiger partial charge in [-0.05, 0) is 50.5 Å². The Labute approximate surface area is 189 Å². The van der Waals surface area contributed by atoms with Crippen LogP contribution in [-0.2, 0) is 19.6 Å². The van der Waals surface area contributed by atoms with Gasteiger partial charge in [-0.2, -0.15) is 0 Å². The summed E-state index contributed by atoms with van der Waals surface area (Å²) in [6, 6.07) is 12.0. The molecule has 0 bridgehead atoms. The number of para-hydroxylation sites is 1. The second-order valence-electron chi connectivity index (χ2n) is 8.00. The van der Waals surface area contributed by atoms with Crippen LogP contribution in [0.15, 0.2) is 42.5 Å². The maximum atomic E-state index is 12.8. The van der Waals surface area contributed by atoms with E-state index in [0.717, 1.165) is 34.5 Å². The molecule has 0 radical (unpaired) electrons. The lowest BCUT2D eigenvalue weighted by Gasteiger charge is -2.24. The van der Waals surface area contributed by atoms with Crippen molar-refractivity contribution in [3.8, 4) is 0 Å². The number of rotatable bonds is 8. The van der Waals surface area contributed by atoms with E-state index < -0.39 is 22.5 Å². The van der Waals surface area contributed by atoms with Crippen LogP contribution < -0.4 is 14.9 Å². The Hall–Kier alpha value is -2.91. The van der Waals surface area contributed by atoms with Gasteiger partial charge >= 0.3 is 0 Å². The number of nitrogens with zero attached hydrogens (tertiary/aromatic N) is 1. The molecular formula is C23H29N3O5S. The summed E-state index contributed by atoms with van der Waals surface area (Å²) in [4.78, 5) is 25.5. The van der Waals surface area contributed by atoms with E-state index in [1.165, 1.54) is 0 Å². The van der Waals surface area contributed by atoms with Gasteiger partial charge in [0.15, 0.2) is 0 Å². The Morgan fingerprint density at radius 1 is 1.16 bits per heavy atom. The van der Waals surface area contributed by atoms with Crippen LogP contribution in [0, 0.1) is 13.8 Å². The smallest absolute Gasteiger partial charge is 0.253 e. The molecule has 2 aromatic rings. The Kier molecular flexibility index (Phi) is 7.52. The summed E-state index contributed by atoms with van der Waals surface area (Å²) < 4.78 is 31.4. The monoisotopic (exact) mass is 459 g/mol. The van der Waals surface area contributed by atoms with Crippen molar-refractivity contribution >= 4 is 33.2 Å². The van der Waals surface area contributed by atoms with Gasteiger partial charge in [0.25, 0.3) is 5.91 Å². The van der Waals surface area contributed by atoms with E-state index in [4.69, 9.17) is 4.74 Å². The van der Waals surface area contributed by atoms with Crippen molar-refractivity contribution in [1.29, 1.82) is 0 Å². The molecule has 1 aliphatic rings. The SMILES string of the molecule is Cc1ccc(N(CC(=O)Nc2ccccc2C(=O)NC[C@@H]2CCCO2)S(C)(=O)=O)c(C)c1. The lowest BCUT2D eigenvalue weighted by Crippen LogP contribution is -2.38. The van der Waals surface area contributed by atoms with Crippen molar-refractivity contribution in [2.75, 3.05) is 35.6 Å². The molecular weight excluding hydrogens is 430 g/mol. The van der Waals surface area contributed by atoms with Gasteiger partial charge in [-0.15, -0.1) is 0 Å². The summed E-state index contributed by atoms with van der Waals surface area (Å²) in [6.07, 6.45) is 2.94. The third-order valence-electron chi connectivity index (χ3n) is 5.27. The van der Waals surface area contributed by atoms with Gasteiger partial charge in [-0.1, -0.05) is 29.8 Å². The molecule has 9 heteroatoms. The number of carbonyl (C=O) groups is 2. The maximum Gasteiger partial charge on any atom is 0.253 e. The number of hydrogen-bond donors (Lipinski definition) is 2. The summed E-state index contributed by atoms with van der Waals surface area (Å²) in [5.41, 5.74) is 2.80. The number of nitrogens with one attached hydrogen (secondary N) is 2. The molecule has 32 heavy (non-hydrogen) atoms.